The van der Waals surface area contributed by atoms with Gasteiger partial charge in [0.2, 0.25) is 0 Å². The Bertz CT molecular complexity index is 635. The molecule has 0 fully saturated rings. The lowest BCUT2D eigenvalue weighted by Crippen LogP contribution is -2.19. The van der Waals surface area contributed by atoms with Crippen LogP contribution >= 0.6 is 0 Å². The van der Waals surface area contributed by atoms with Crippen molar-refractivity contribution in [1.29, 1.82) is 0 Å². The number of aryl methyl sites for hydroxylation is 3. The van der Waals surface area contributed by atoms with E-state index in [2.05, 4.69) is 0 Å². The van der Waals surface area contributed by atoms with Crippen LogP contribution in [0.3, 0.4) is 0 Å². The molecule has 2 rings (SSSR count). The molecule has 0 atom stereocenters. The van der Waals surface area contributed by atoms with Crippen molar-refractivity contribution in [1.82, 2.24) is 9.13 Å². The first kappa shape index (κ1) is 11.6. The summed E-state index contributed by atoms with van der Waals surface area (Å²) >= 11 is 0. The van der Waals surface area contributed by atoms with Crippen LogP contribution in [-0.2, 0) is 25.3 Å². The van der Waals surface area contributed by atoms with E-state index in [1.165, 1.54) is 0 Å². The number of rotatable bonds is 3. The van der Waals surface area contributed by atoms with Gasteiger partial charge in [-0.1, -0.05) is 6.07 Å². The summed E-state index contributed by atoms with van der Waals surface area (Å²) in [5.74, 6) is 0.187. The van der Waals surface area contributed by atoms with E-state index in [0.29, 0.717) is 6.42 Å². The maximum absolute atomic E-state index is 11.7. The molecule has 4 nitrogen and oxygen atoms in total. The molecule has 0 aliphatic heterocycles. The monoisotopic (exact) mass is 232 g/mol. The normalized spacial score (nSPS) is 11.0. The molecular weight excluding hydrogens is 216 g/mol. The number of benzene rings is 1. The third kappa shape index (κ3) is 2.02. The molecule has 90 valence electrons. The van der Waals surface area contributed by atoms with Gasteiger partial charge in [-0.3, -0.25) is 9.13 Å². The molecule has 4 heteroatoms. The summed E-state index contributed by atoms with van der Waals surface area (Å²) in [7, 11) is 3.53. The highest BCUT2D eigenvalue weighted by molar-refractivity contribution is 5.78. The van der Waals surface area contributed by atoms with Crippen LogP contribution in [0.15, 0.2) is 23.0 Å². The molecule has 1 aromatic carbocycles. The van der Waals surface area contributed by atoms with E-state index in [4.69, 9.17) is 0 Å². The number of imidazole rings is 1. The lowest BCUT2D eigenvalue weighted by atomic mass is 10.1. The van der Waals surface area contributed by atoms with Crippen molar-refractivity contribution in [3.8, 4) is 0 Å². The second kappa shape index (κ2) is 4.20. The Morgan fingerprint density at radius 2 is 1.82 bits per heavy atom. The summed E-state index contributed by atoms with van der Waals surface area (Å²) in [6.07, 6.45) is 1.28. The Labute approximate surface area is 99.5 Å². The van der Waals surface area contributed by atoms with Crippen molar-refractivity contribution < 1.29 is 4.79 Å². The zero-order chi connectivity index (χ0) is 12.6. The molecular formula is C13H16N2O2. The number of hydrogen-bond acceptors (Lipinski definition) is 2. The quantitative estimate of drug-likeness (QED) is 0.803. The fourth-order valence-corrected chi connectivity index (χ4v) is 2.03. The van der Waals surface area contributed by atoms with Gasteiger partial charge in [0.1, 0.15) is 5.78 Å². The zero-order valence-electron chi connectivity index (χ0n) is 10.4. The van der Waals surface area contributed by atoms with Crippen molar-refractivity contribution in [3.05, 3.63) is 34.2 Å². The van der Waals surface area contributed by atoms with Crippen LogP contribution in [0.25, 0.3) is 11.0 Å². The number of ketones is 1. The molecule has 1 aromatic heterocycles. The van der Waals surface area contributed by atoms with E-state index < -0.39 is 0 Å². The SMILES string of the molecule is CC(=O)CCc1ccc2c(c1)n(C)c(=O)n2C. The predicted octanol–water partition coefficient (Wildman–Crippen LogP) is 1.40. The molecule has 17 heavy (non-hydrogen) atoms. The molecule has 0 spiro atoms. The number of fused-ring (bicyclic) bond motifs is 1. The number of Topliss-reactive ketones (excluding diaryl/α,β-unsaturated/α-hetero) is 1. The summed E-state index contributed by atoms with van der Waals surface area (Å²) in [6, 6.07) is 5.90. The zero-order valence-corrected chi connectivity index (χ0v) is 10.4. The minimum atomic E-state index is -0.0243. The van der Waals surface area contributed by atoms with Crippen LogP contribution in [0.5, 0.6) is 0 Å². The summed E-state index contributed by atoms with van der Waals surface area (Å²) in [4.78, 5) is 22.7. The lowest BCUT2D eigenvalue weighted by Gasteiger charge is -2.01. The van der Waals surface area contributed by atoms with Gasteiger partial charge < -0.3 is 4.79 Å². The van der Waals surface area contributed by atoms with Gasteiger partial charge >= 0.3 is 5.69 Å². The fourth-order valence-electron chi connectivity index (χ4n) is 2.03. The number of carbonyl (C=O) groups excluding carboxylic acids is 1. The van der Waals surface area contributed by atoms with Gasteiger partial charge in [-0.25, -0.2) is 4.79 Å². The first-order valence-electron chi connectivity index (χ1n) is 5.64. The molecule has 0 bridgehead atoms. The summed E-state index contributed by atoms with van der Waals surface area (Å²) in [6.45, 7) is 1.59. The average molecular weight is 232 g/mol. The van der Waals surface area contributed by atoms with Crippen molar-refractivity contribution in [2.45, 2.75) is 19.8 Å². The number of hydrogen-bond donors (Lipinski definition) is 0. The topological polar surface area (TPSA) is 44.0 Å². The van der Waals surface area contributed by atoms with Gasteiger partial charge in [-0.15, -0.1) is 0 Å². The van der Waals surface area contributed by atoms with Gasteiger partial charge in [-0.05, 0) is 31.0 Å². The van der Waals surface area contributed by atoms with Crippen molar-refractivity contribution >= 4 is 16.8 Å². The molecule has 2 aromatic rings. The maximum atomic E-state index is 11.7. The first-order valence-corrected chi connectivity index (χ1v) is 5.64. The van der Waals surface area contributed by atoms with Crippen LogP contribution in [0.1, 0.15) is 18.9 Å². The predicted molar refractivity (Wildman–Crippen MR) is 67.2 cm³/mol. The Balaban J connectivity index is 2.47. The highest BCUT2D eigenvalue weighted by atomic mass is 16.1. The molecule has 0 aliphatic carbocycles. The molecule has 0 saturated carbocycles. The van der Waals surface area contributed by atoms with E-state index in [0.717, 1.165) is 23.0 Å². The Kier molecular flexibility index (Phi) is 2.88. The first-order chi connectivity index (χ1) is 8.00. The molecule has 1 heterocycles. The molecule has 0 unspecified atom stereocenters. The Morgan fingerprint density at radius 3 is 2.47 bits per heavy atom. The highest BCUT2D eigenvalue weighted by Crippen LogP contribution is 2.15. The van der Waals surface area contributed by atoms with Gasteiger partial charge in [0.05, 0.1) is 11.0 Å². The van der Waals surface area contributed by atoms with Crippen molar-refractivity contribution in [3.63, 3.8) is 0 Å². The number of nitrogens with zero attached hydrogens (tertiary/aromatic N) is 2. The fraction of sp³-hybridized carbons (Fsp3) is 0.385. The third-order valence-corrected chi connectivity index (χ3v) is 3.10. The van der Waals surface area contributed by atoms with Gasteiger partial charge in [0.15, 0.2) is 0 Å². The Hall–Kier alpha value is -1.84. The summed E-state index contributed by atoms with van der Waals surface area (Å²) in [5.41, 5.74) is 2.90. The Morgan fingerprint density at radius 1 is 1.18 bits per heavy atom. The summed E-state index contributed by atoms with van der Waals surface area (Å²) in [5, 5.41) is 0. The largest absolute Gasteiger partial charge is 0.328 e. The van der Waals surface area contributed by atoms with E-state index in [1.54, 1.807) is 30.2 Å². The maximum Gasteiger partial charge on any atom is 0.328 e. The molecule has 0 radical (unpaired) electrons. The minimum Gasteiger partial charge on any atom is -0.300 e. The van der Waals surface area contributed by atoms with E-state index in [1.807, 2.05) is 18.2 Å². The highest BCUT2D eigenvalue weighted by Gasteiger charge is 2.08. The standard InChI is InChI=1S/C13H16N2O2/c1-9(16)4-5-10-6-7-11-12(8-10)15(3)13(17)14(11)2/h6-8H,4-5H2,1-3H3. The average Bonchev–Trinajstić information content (AvgIpc) is 2.52. The number of aromatic nitrogens is 2. The van der Waals surface area contributed by atoms with Crippen LogP contribution < -0.4 is 5.69 Å². The van der Waals surface area contributed by atoms with Crippen LogP contribution in [0.4, 0.5) is 0 Å². The van der Waals surface area contributed by atoms with E-state index in [-0.39, 0.29) is 11.5 Å². The van der Waals surface area contributed by atoms with Gasteiger partial charge in [-0.2, -0.15) is 0 Å². The third-order valence-electron chi connectivity index (χ3n) is 3.10. The van der Waals surface area contributed by atoms with Gasteiger partial charge in [0, 0.05) is 20.5 Å². The van der Waals surface area contributed by atoms with Crippen molar-refractivity contribution in [2.24, 2.45) is 14.1 Å². The van der Waals surface area contributed by atoms with E-state index >= 15 is 0 Å². The van der Waals surface area contributed by atoms with Crippen LogP contribution in [0.2, 0.25) is 0 Å². The summed E-state index contributed by atoms with van der Waals surface area (Å²) < 4.78 is 3.26. The molecule has 0 amide bonds. The van der Waals surface area contributed by atoms with Crippen LogP contribution in [-0.4, -0.2) is 14.9 Å². The smallest absolute Gasteiger partial charge is 0.300 e. The lowest BCUT2D eigenvalue weighted by molar-refractivity contribution is -0.116. The second-order valence-corrected chi connectivity index (χ2v) is 4.43. The van der Waals surface area contributed by atoms with Crippen molar-refractivity contribution in [2.75, 3.05) is 0 Å². The molecule has 0 N–H and O–H groups in total. The van der Waals surface area contributed by atoms with Crippen LogP contribution in [0, 0.1) is 0 Å². The van der Waals surface area contributed by atoms with Gasteiger partial charge in [0.25, 0.3) is 0 Å². The number of carbonyl (C=O) groups is 1. The molecule has 0 aliphatic rings. The minimum absolute atomic E-state index is 0.0243. The molecule has 0 saturated heterocycles. The van der Waals surface area contributed by atoms with E-state index in [9.17, 15) is 9.59 Å². The second-order valence-electron chi connectivity index (χ2n) is 4.43.